The van der Waals surface area contributed by atoms with Crippen molar-refractivity contribution in [2.45, 2.75) is 22.4 Å². The molecule has 0 spiro atoms. The largest absolute Gasteiger partial charge is 0.389 e. The third kappa shape index (κ3) is 2.74. The third-order valence-corrected chi connectivity index (χ3v) is 3.44. The molecule has 6 heteroatoms. The van der Waals surface area contributed by atoms with Crippen LogP contribution in [-0.2, 0) is 0 Å². The van der Waals surface area contributed by atoms with Crippen molar-refractivity contribution >= 4 is 23.3 Å². The first-order chi connectivity index (χ1) is 7.25. The molecule has 78 valence electrons. The summed E-state index contributed by atoms with van der Waals surface area (Å²) in [6.45, 7) is 1.72. The first-order valence-electron chi connectivity index (χ1n) is 4.34. The lowest BCUT2D eigenvalue weighted by Gasteiger charge is -2.03. The molecule has 0 bridgehead atoms. The molecule has 4 nitrogen and oxygen atoms in total. The molecule has 0 aliphatic rings. The standard InChI is InChI=1S/C9H9N3OS2/c1-6(13)7-2-3-8(10-4-7)14-9-11-5-12-15-9/h2-6,13H,1H3. The zero-order valence-corrected chi connectivity index (χ0v) is 9.63. The molecular weight excluding hydrogens is 230 g/mol. The van der Waals surface area contributed by atoms with E-state index in [9.17, 15) is 5.11 Å². The van der Waals surface area contributed by atoms with E-state index in [0.717, 1.165) is 14.9 Å². The maximum Gasteiger partial charge on any atom is 0.175 e. The SMILES string of the molecule is CC(O)c1ccc(Sc2ncns2)nc1. The summed E-state index contributed by atoms with van der Waals surface area (Å²) in [4.78, 5) is 8.27. The first-order valence-corrected chi connectivity index (χ1v) is 5.93. The summed E-state index contributed by atoms with van der Waals surface area (Å²) in [6.07, 6.45) is 2.73. The van der Waals surface area contributed by atoms with Gasteiger partial charge in [-0.1, -0.05) is 6.07 Å². The zero-order chi connectivity index (χ0) is 10.7. The second-order valence-corrected chi connectivity index (χ2v) is 4.96. The minimum absolute atomic E-state index is 0.474. The summed E-state index contributed by atoms with van der Waals surface area (Å²) >= 11 is 2.81. The maximum absolute atomic E-state index is 9.30. The van der Waals surface area contributed by atoms with Crippen LogP contribution in [0.4, 0.5) is 0 Å². The molecular formula is C9H9N3OS2. The summed E-state index contributed by atoms with van der Waals surface area (Å²) in [5.41, 5.74) is 0.816. The Hall–Kier alpha value is -0.980. The molecule has 0 saturated carbocycles. The van der Waals surface area contributed by atoms with Gasteiger partial charge in [0, 0.05) is 6.20 Å². The fraction of sp³-hybridized carbons (Fsp3) is 0.222. The van der Waals surface area contributed by atoms with Crippen molar-refractivity contribution in [2.75, 3.05) is 0 Å². The van der Waals surface area contributed by atoms with Gasteiger partial charge >= 0.3 is 0 Å². The van der Waals surface area contributed by atoms with Crippen molar-refractivity contribution in [2.24, 2.45) is 0 Å². The lowest BCUT2D eigenvalue weighted by atomic mass is 10.2. The van der Waals surface area contributed by atoms with Crippen LogP contribution in [0.3, 0.4) is 0 Å². The van der Waals surface area contributed by atoms with E-state index in [1.807, 2.05) is 12.1 Å². The summed E-state index contributed by atoms with van der Waals surface area (Å²) in [7, 11) is 0. The molecule has 15 heavy (non-hydrogen) atoms. The zero-order valence-electron chi connectivity index (χ0n) is 7.99. The molecule has 0 fully saturated rings. The number of aromatic nitrogens is 3. The molecule has 1 atom stereocenters. The molecule has 0 aromatic carbocycles. The van der Waals surface area contributed by atoms with Gasteiger partial charge in [0.2, 0.25) is 0 Å². The minimum atomic E-state index is -0.474. The van der Waals surface area contributed by atoms with E-state index in [4.69, 9.17) is 0 Å². The number of hydrogen-bond donors (Lipinski definition) is 1. The predicted octanol–water partition coefficient (Wildman–Crippen LogP) is 2.14. The number of rotatable bonds is 3. The summed E-state index contributed by atoms with van der Waals surface area (Å²) in [6, 6.07) is 3.73. The number of hydrogen-bond acceptors (Lipinski definition) is 6. The lowest BCUT2D eigenvalue weighted by molar-refractivity contribution is 0.198. The fourth-order valence-corrected chi connectivity index (χ4v) is 2.33. The quantitative estimate of drug-likeness (QED) is 0.889. The Labute approximate surface area is 95.6 Å². The van der Waals surface area contributed by atoms with E-state index in [0.29, 0.717) is 0 Å². The Morgan fingerprint density at radius 1 is 1.40 bits per heavy atom. The van der Waals surface area contributed by atoms with E-state index in [-0.39, 0.29) is 0 Å². The molecule has 2 aromatic rings. The van der Waals surface area contributed by atoms with Crippen LogP contribution >= 0.6 is 23.3 Å². The number of pyridine rings is 1. The Bertz CT molecular complexity index is 413. The van der Waals surface area contributed by atoms with Crippen LogP contribution in [0.1, 0.15) is 18.6 Å². The molecule has 2 rings (SSSR count). The van der Waals surface area contributed by atoms with Crippen molar-refractivity contribution in [3.63, 3.8) is 0 Å². The van der Waals surface area contributed by atoms with Crippen LogP contribution in [-0.4, -0.2) is 19.4 Å². The van der Waals surface area contributed by atoms with Gasteiger partial charge in [-0.25, -0.2) is 9.97 Å². The fourth-order valence-electron chi connectivity index (χ4n) is 0.997. The average molecular weight is 239 g/mol. The van der Waals surface area contributed by atoms with Crippen LogP contribution in [0, 0.1) is 0 Å². The van der Waals surface area contributed by atoms with Gasteiger partial charge in [0.15, 0.2) is 4.34 Å². The Morgan fingerprint density at radius 3 is 2.80 bits per heavy atom. The van der Waals surface area contributed by atoms with E-state index < -0.39 is 6.10 Å². The molecule has 0 amide bonds. The molecule has 0 aliphatic carbocycles. The highest BCUT2D eigenvalue weighted by Gasteiger charge is 2.04. The number of aliphatic hydroxyl groups is 1. The van der Waals surface area contributed by atoms with Gasteiger partial charge in [0.05, 0.1) is 6.10 Å². The van der Waals surface area contributed by atoms with Gasteiger partial charge in [0.1, 0.15) is 11.4 Å². The third-order valence-electron chi connectivity index (χ3n) is 1.77. The van der Waals surface area contributed by atoms with E-state index >= 15 is 0 Å². The van der Waals surface area contributed by atoms with E-state index in [1.54, 1.807) is 13.1 Å². The van der Waals surface area contributed by atoms with Crippen LogP contribution in [0.5, 0.6) is 0 Å². The maximum atomic E-state index is 9.30. The van der Waals surface area contributed by atoms with Gasteiger partial charge in [-0.2, -0.15) is 4.37 Å². The summed E-state index contributed by atoms with van der Waals surface area (Å²) in [5, 5.41) is 10.2. The smallest absolute Gasteiger partial charge is 0.175 e. The van der Waals surface area contributed by atoms with E-state index in [2.05, 4.69) is 14.3 Å². The van der Waals surface area contributed by atoms with Crippen LogP contribution in [0.15, 0.2) is 34.0 Å². The molecule has 0 saturated heterocycles. The predicted molar refractivity (Wildman–Crippen MR) is 58.9 cm³/mol. The topological polar surface area (TPSA) is 58.9 Å². The van der Waals surface area contributed by atoms with Gasteiger partial charge < -0.3 is 5.11 Å². The second kappa shape index (κ2) is 4.69. The van der Waals surface area contributed by atoms with Gasteiger partial charge in [-0.3, -0.25) is 0 Å². The molecule has 2 heterocycles. The molecule has 0 aliphatic heterocycles. The summed E-state index contributed by atoms with van der Waals surface area (Å²) in [5.74, 6) is 0. The second-order valence-electron chi connectivity index (χ2n) is 2.91. The Kier molecular flexibility index (Phi) is 3.30. The van der Waals surface area contributed by atoms with Gasteiger partial charge in [-0.15, -0.1) is 0 Å². The van der Waals surface area contributed by atoms with E-state index in [1.165, 1.54) is 29.6 Å². The Morgan fingerprint density at radius 2 is 2.27 bits per heavy atom. The van der Waals surface area contributed by atoms with Crippen molar-refractivity contribution in [1.29, 1.82) is 0 Å². The van der Waals surface area contributed by atoms with Crippen molar-refractivity contribution in [3.05, 3.63) is 30.2 Å². The molecule has 1 N–H and O–H groups in total. The molecule has 0 radical (unpaired) electrons. The Balaban J connectivity index is 2.11. The highest BCUT2D eigenvalue weighted by atomic mass is 32.2. The molecule has 1 unspecified atom stereocenters. The highest BCUT2D eigenvalue weighted by molar-refractivity contribution is 8.00. The lowest BCUT2D eigenvalue weighted by Crippen LogP contribution is -1.91. The summed E-state index contributed by atoms with van der Waals surface area (Å²) < 4.78 is 4.77. The van der Waals surface area contributed by atoms with Crippen LogP contribution < -0.4 is 0 Å². The normalized spacial score (nSPS) is 12.7. The highest BCUT2D eigenvalue weighted by Crippen LogP contribution is 2.26. The van der Waals surface area contributed by atoms with Crippen molar-refractivity contribution < 1.29 is 5.11 Å². The van der Waals surface area contributed by atoms with Crippen LogP contribution in [0.25, 0.3) is 0 Å². The monoisotopic (exact) mass is 239 g/mol. The average Bonchev–Trinajstić information content (AvgIpc) is 2.71. The van der Waals surface area contributed by atoms with Crippen molar-refractivity contribution in [1.82, 2.24) is 14.3 Å². The number of aliphatic hydroxyl groups excluding tert-OH is 1. The van der Waals surface area contributed by atoms with Gasteiger partial charge in [-0.05, 0) is 41.8 Å². The van der Waals surface area contributed by atoms with Gasteiger partial charge in [0.25, 0.3) is 0 Å². The minimum Gasteiger partial charge on any atom is -0.389 e. The van der Waals surface area contributed by atoms with Crippen molar-refractivity contribution in [3.8, 4) is 0 Å². The molecule has 2 aromatic heterocycles. The van der Waals surface area contributed by atoms with Crippen LogP contribution in [0.2, 0.25) is 0 Å². The number of nitrogens with zero attached hydrogens (tertiary/aromatic N) is 3. The first kappa shape index (κ1) is 10.5.